The Balaban J connectivity index is 1.77. The highest BCUT2D eigenvalue weighted by molar-refractivity contribution is 5.98. The average Bonchev–Trinajstić information content (AvgIpc) is 2.78. The maximum absolute atomic E-state index is 12.0. The van der Waals surface area contributed by atoms with Crippen LogP contribution in [-0.4, -0.2) is 16.6 Å². The standard InChI is InChI=1S/C16H21N3O/c1-15(2)12-4-7-16(15,3)13(10-12)18-19-14(20)11-5-8-17-9-6-11/h5-6,8-9,12H,4,7,10H2,1-3H3,(H,19,20)/b18-13-. The molecule has 106 valence electrons. The number of carbonyl (C=O) groups excluding carboxylic acids is 1. The first-order valence-electron chi connectivity index (χ1n) is 7.22. The molecule has 1 amide bonds. The van der Waals surface area contributed by atoms with Gasteiger partial charge in [-0.25, -0.2) is 5.43 Å². The van der Waals surface area contributed by atoms with Crippen molar-refractivity contribution in [1.82, 2.24) is 10.4 Å². The average molecular weight is 271 g/mol. The molecule has 0 aliphatic heterocycles. The first kappa shape index (κ1) is 13.3. The minimum atomic E-state index is -0.163. The minimum Gasteiger partial charge on any atom is -0.267 e. The third-order valence-corrected chi connectivity index (χ3v) is 5.75. The Morgan fingerprint density at radius 2 is 2.05 bits per heavy atom. The third-order valence-electron chi connectivity index (χ3n) is 5.75. The molecule has 4 nitrogen and oxygen atoms in total. The van der Waals surface area contributed by atoms with E-state index in [9.17, 15) is 4.79 Å². The number of nitrogens with zero attached hydrogens (tertiary/aromatic N) is 2. The molecule has 3 rings (SSSR count). The number of hydrogen-bond donors (Lipinski definition) is 1. The Hall–Kier alpha value is -1.71. The Labute approximate surface area is 119 Å². The van der Waals surface area contributed by atoms with Gasteiger partial charge in [0.2, 0.25) is 0 Å². The second-order valence-corrected chi connectivity index (χ2v) is 6.73. The second kappa shape index (κ2) is 4.40. The van der Waals surface area contributed by atoms with Gasteiger partial charge in [0, 0.05) is 29.1 Å². The van der Waals surface area contributed by atoms with Crippen molar-refractivity contribution in [2.24, 2.45) is 21.8 Å². The van der Waals surface area contributed by atoms with E-state index in [0.29, 0.717) is 11.5 Å². The van der Waals surface area contributed by atoms with Gasteiger partial charge < -0.3 is 0 Å². The molecule has 1 heterocycles. The van der Waals surface area contributed by atoms with Crippen molar-refractivity contribution in [1.29, 1.82) is 0 Å². The predicted molar refractivity (Wildman–Crippen MR) is 78.4 cm³/mol. The summed E-state index contributed by atoms with van der Waals surface area (Å²) in [7, 11) is 0. The Kier molecular flexibility index (Phi) is 2.92. The summed E-state index contributed by atoms with van der Waals surface area (Å²) in [6.07, 6.45) is 6.70. The number of amides is 1. The summed E-state index contributed by atoms with van der Waals surface area (Å²) in [5.41, 5.74) is 4.87. The zero-order valence-corrected chi connectivity index (χ0v) is 12.3. The van der Waals surface area contributed by atoms with Crippen molar-refractivity contribution in [3.8, 4) is 0 Å². The molecule has 0 radical (unpaired) electrons. The van der Waals surface area contributed by atoms with E-state index in [1.54, 1.807) is 24.5 Å². The quantitative estimate of drug-likeness (QED) is 0.841. The van der Waals surface area contributed by atoms with E-state index >= 15 is 0 Å². The van der Waals surface area contributed by atoms with Gasteiger partial charge >= 0.3 is 0 Å². The van der Waals surface area contributed by atoms with Crippen LogP contribution in [0.3, 0.4) is 0 Å². The van der Waals surface area contributed by atoms with E-state index in [1.807, 2.05) is 0 Å². The highest BCUT2D eigenvalue weighted by Gasteiger charge is 2.59. The SMILES string of the molecule is CC12CCC(C/C1=N/NC(=O)c1ccncc1)C2(C)C. The fourth-order valence-corrected chi connectivity index (χ4v) is 3.78. The lowest BCUT2D eigenvalue weighted by atomic mass is 9.70. The number of hydrogen-bond acceptors (Lipinski definition) is 3. The van der Waals surface area contributed by atoms with Crippen LogP contribution in [0.2, 0.25) is 0 Å². The van der Waals surface area contributed by atoms with Gasteiger partial charge in [-0.15, -0.1) is 0 Å². The molecule has 1 aromatic heterocycles. The molecule has 2 unspecified atom stereocenters. The van der Waals surface area contributed by atoms with Gasteiger partial charge in [-0.3, -0.25) is 9.78 Å². The smallest absolute Gasteiger partial charge is 0.267 e. The molecular formula is C16H21N3O. The fourth-order valence-electron chi connectivity index (χ4n) is 3.78. The molecule has 1 aromatic rings. The summed E-state index contributed by atoms with van der Waals surface area (Å²) in [5.74, 6) is 0.535. The van der Waals surface area contributed by atoms with Gasteiger partial charge in [0.1, 0.15) is 0 Å². The molecule has 2 saturated carbocycles. The number of pyridine rings is 1. The predicted octanol–water partition coefficient (Wildman–Crippen LogP) is 3.01. The van der Waals surface area contributed by atoms with E-state index in [1.165, 1.54) is 12.8 Å². The maximum Gasteiger partial charge on any atom is 0.271 e. The lowest BCUT2D eigenvalue weighted by molar-refractivity contribution is 0.0953. The maximum atomic E-state index is 12.0. The second-order valence-electron chi connectivity index (χ2n) is 6.73. The topological polar surface area (TPSA) is 54.4 Å². The number of hydrazone groups is 1. The van der Waals surface area contributed by atoms with Crippen molar-refractivity contribution in [2.45, 2.75) is 40.0 Å². The molecule has 0 saturated heterocycles. The lowest BCUT2D eigenvalue weighted by Gasteiger charge is -2.34. The van der Waals surface area contributed by atoms with E-state index in [4.69, 9.17) is 0 Å². The van der Waals surface area contributed by atoms with Crippen molar-refractivity contribution in [3.05, 3.63) is 30.1 Å². The van der Waals surface area contributed by atoms with Crippen LogP contribution in [0, 0.1) is 16.7 Å². The van der Waals surface area contributed by atoms with Crippen LogP contribution < -0.4 is 5.43 Å². The van der Waals surface area contributed by atoms with Crippen molar-refractivity contribution in [2.75, 3.05) is 0 Å². The van der Waals surface area contributed by atoms with Crippen LogP contribution in [0.4, 0.5) is 0 Å². The summed E-state index contributed by atoms with van der Waals surface area (Å²) < 4.78 is 0. The first-order valence-corrected chi connectivity index (χ1v) is 7.22. The normalized spacial score (nSPS) is 32.5. The summed E-state index contributed by atoms with van der Waals surface area (Å²) in [5, 5.41) is 4.45. The summed E-state index contributed by atoms with van der Waals surface area (Å²) >= 11 is 0. The van der Waals surface area contributed by atoms with Crippen molar-refractivity contribution >= 4 is 11.6 Å². The number of rotatable bonds is 2. The summed E-state index contributed by atoms with van der Waals surface area (Å²) in [6.45, 7) is 6.95. The van der Waals surface area contributed by atoms with Gasteiger partial charge in [-0.2, -0.15) is 5.10 Å². The monoisotopic (exact) mass is 271 g/mol. The van der Waals surface area contributed by atoms with Crippen LogP contribution in [0.25, 0.3) is 0 Å². The van der Waals surface area contributed by atoms with Gasteiger partial charge in [-0.1, -0.05) is 20.8 Å². The Morgan fingerprint density at radius 3 is 2.60 bits per heavy atom. The van der Waals surface area contributed by atoms with Gasteiger partial charge in [0.05, 0.1) is 0 Å². The van der Waals surface area contributed by atoms with Crippen LogP contribution >= 0.6 is 0 Å². The number of aromatic nitrogens is 1. The van der Waals surface area contributed by atoms with E-state index in [2.05, 4.69) is 36.3 Å². The molecule has 0 aromatic carbocycles. The molecule has 2 aliphatic carbocycles. The zero-order chi connectivity index (χ0) is 14.4. The highest BCUT2D eigenvalue weighted by Crippen LogP contribution is 2.63. The molecule has 2 atom stereocenters. The summed E-state index contributed by atoms with van der Waals surface area (Å²) in [4.78, 5) is 15.9. The number of carbonyl (C=O) groups is 1. The van der Waals surface area contributed by atoms with Crippen LogP contribution in [0.5, 0.6) is 0 Å². The molecular weight excluding hydrogens is 250 g/mol. The van der Waals surface area contributed by atoms with Gasteiger partial charge in [0.15, 0.2) is 0 Å². The number of nitrogens with one attached hydrogen (secondary N) is 1. The van der Waals surface area contributed by atoms with Gasteiger partial charge in [-0.05, 0) is 42.7 Å². The minimum absolute atomic E-state index is 0.128. The van der Waals surface area contributed by atoms with Crippen LogP contribution in [0.1, 0.15) is 50.4 Å². The molecule has 2 aliphatic rings. The largest absolute Gasteiger partial charge is 0.271 e. The molecule has 4 heteroatoms. The van der Waals surface area contributed by atoms with Crippen molar-refractivity contribution < 1.29 is 4.79 Å². The molecule has 2 fully saturated rings. The van der Waals surface area contributed by atoms with Gasteiger partial charge in [0.25, 0.3) is 5.91 Å². The van der Waals surface area contributed by atoms with E-state index < -0.39 is 0 Å². The zero-order valence-electron chi connectivity index (χ0n) is 12.3. The molecule has 20 heavy (non-hydrogen) atoms. The number of fused-ring (bicyclic) bond motifs is 2. The lowest BCUT2D eigenvalue weighted by Crippen LogP contribution is -2.34. The summed E-state index contributed by atoms with van der Waals surface area (Å²) in [6, 6.07) is 3.39. The fraction of sp³-hybridized carbons (Fsp3) is 0.562. The van der Waals surface area contributed by atoms with Crippen LogP contribution in [-0.2, 0) is 0 Å². The molecule has 1 N–H and O–H groups in total. The third kappa shape index (κ3) is 1.78. The molecule has 2 bridgehead atoms. The van der Waals surface area contributed by atoms with Crippen LogP contribution in [0.15, 0.2) is 29.6 Å². The van der Waals surface area contributed by atoms with E-state index in [-0.39, 0.29) is 16.7 Å². The molecule has 0 spiro atoms. The first-order chi connectivity index (χ1) is 9.45. The van der Waals surface area contributed by atoms with Crippen molar-refractivity contribution in [3.63, 3.8) is 0 Å². The Morgan fingerprint density at radius 1 is 1.35 bits per heavy atom. The van der Waals surface area contributed by atoms with E-state index in [0.717, 1.165) is 12.1 Å². The highest BCUT2D eigenvalue weighted by atomic mass is 16.2. The Bertz CT molecular complexity index is 564.